The van der Waals surface area contributed by atoms with Crippen molar-refractivity contribution >= 4 is 33.5 Å². The summed E-state index contributed by atoms with van der Waals surface area (Å²) in [6.07, 6.45) is -5.08. The Hall–Kier alpha value is -4.32. The number of hydroxylamine groups is 1. The van der Waals surface area contributed by atoms with E-state index in [4.69, 9.17) is 30.6 Å². The molecule has 1 aromatic heterocycles. The topological polar surface area (TPSA) is 215 Å². The summed E-state index contributed by atoms with van der Waals surface area (Å²) in [6.45, 7) is 1.46. The predicted octanol–water partition coefficient (Wildman–Crippen LogP) is 0.130. The van der Waals surface area contributed by atoms with E-state index in [1.807, 2.05) is 0 Å². The van der Waals surface area contributed by atoms with E-state index >= 15 is 0 Å². The number of pyridine rings is 1. The Kier molecular flexibility index (Phi) is 11.5. The lowest BCUT2D eigenvalue weighted by molar-refractivity contribution is -0.192. The fourth-order valence-electron chi connectivity index (χ4n) is 2.47. The smallest absolute Gasteiger partial charge is 0.490 e. The number of carboxylic acid groups (broad SMARTS) is 1. The molecule has 0 fully saturated rings. The first-order chi connectivity index (χ1) is 17.6. The highest BCUT2D eigenvalue weighted by Gasteiger charge is 2.38. The monoisotopic (exact) mass is 566 g/mol. The Morgan fingerprint density at radius 3 is 2.24 bits per heavy atom. The highest BCUT2D eigenvalue weighted by molar-refractivity contribution is 7.92. The number of carbonyl (C=O) groups excluding carboxylic acids is 1. The molecule has 1 heterocycles. The molecule has 0 aliphatic rings. The number of nitrogens with two attached hydrogens (primary N) is 1. The molecule has 210 valence electrons. The van der Waals surface area contributed by atoms with Gasteiger partial charge in [0, 0.05) is 12.2 Å². The molecule has 0 saturated carbocycles. The molecule has 0 atom stereocenters. The zero-order valence-electron chi connectivity index (χ0n) is 20.0. The van der Waals surface area contributed by atoms with Crippen molar-refractivity contribution in [3.63, 3.8) is 0 Å². The van der Waals surface area contributed by atoms with Crippen molar-refractivity contribution < 1.29 is 45.9 Å². The van der Waals surface area contributed by atoms with Crippen molar-refractivity contribution in [2.75, 3.05) is 25.0 Å². The number of rotatable bonds is 10. The highest BCUT2D eigenvalue weighted by Crippen LogP contribution is 2.18. The molecule has 1 amide bonds. The van der Waals surface area contributed by atoms with Crippen LogP contribution in [0.2, 0.25) is 0 Å². The van der Waals surface area contributed by atoms with E-state index in [0.29, 0.717) is 11.4 Å². The summed E-state index contributed by atoms with van der Waals surface area (Å²) in [6, 6.07) is 8.55. The number of hydrogen-bond acceptors (Lipinski definition) is 8. The number of alkyl halides is 3. The molecule has 0 aliphatic carbocycles. The van der Waals surface area contributed by atoms with Gasteiger partial charge in [-0.25, -0.2) is 18.7 Å². The van der Waals surface area contributed by atoms with Gasteiger partial charge < -0.3 is 25.5 Å². The summed E-state index contributed by atoms with van der Waals surface area (Å²) in [4.78, 5) is 38.5. The number of aryl methyl sites for hydroxylation is 1. The number of aromatic nitrogens is 1. The fraction of sp³-hybridized carbons (Fsp3) is 0.300. The largest absolute Gasteiger partial charge is 0.497 e. The summed E-state index contributed by atoms with van der Waals surface area (Å²) in [5.41, 5.74) is 6.78. The van der Waals surface area contributed by atoms with Crippen LogP contribution in [-0.2, 0) is 31.0 Å². The summed E-state index contributed by atoms with van der Waals surface area (Å²) in [7, 11) is -2.56. The number of methoxy groups -OCH3 is 1. The average molecular weight is 567 g/mol. The van der Waals surface area contributed by atoms with Crippen LogP contribution in [0.15, 0.2) is 46.1 Å². The van der Waals surface area contributed by atoms with Gasteiger partial charge in [-0.3, -0.25) is 24.6 Å². The number of carbonyl (C=O) groups is 2. The lowest BCUT2D eigenvalue weighted by Crippen LogP contribution is -2.37. The van der Waals surface area contributed by atoms with Crippen molar-refractivity contribution in [1.29, 1.82) is 5.41 Å². The Morgan fingerprint density at radius 1 is 1.16 bits per heavy atom. The molecule has 18 heteroatoms. The van der Waals surface area contributed by atoms with Crippen molar-refractivity contribution in [2.45, 2.75) is 24.5 Å². The van der Waals surface area contributed by atoms with Crippen molar-refractivity contribution in [3.8, 4) is 5.75 Å². The second-order valence-electron chi connectivity index (χ2n) is 7.08. The number of amides is 1. The summed E-state index contributed by atoms with van der Waals surface area (Å²) >= 11 is 0. The molecule has 2 rings (SSSR count). The van der Waals surface area contributed by atoms with E-state index in [1.54, 1.807) is 6.92 Å². The second kappa shape index (κ2) is 13.8. The number of ether oxygens (including phenoxy) is 1. The molecular formula is C20H25F3N6O8S. The Labute approximate surface area is 214 Å². The first-order valence-electron chi connectivity index (χ1n) is 10.2. The maximum Gasteiger partial charge on any atom is 0.490 e. The molecule has 0 aliphatic heterocycles. The van der Waals surface area contributed by atoms with E-state index in [1.165, 1.54) is 43.5 Å². The predicted molar refractivity (Wildman–Crippen MR) is 127 cm³/mol. The van der Waals surface area contributed by atoms with E-state index < -0.39 is 33.6 Å². The number of anilines is 1. The molecule has 0 bridgehead atoms. The average Bonchev–Trinajstić information content (AvgIpc) is 2.83. The highest BCUT2D eigenvalue weighted by atomic mass is 32.2. The van der Waals surface area contributed by atoms with E-state index in [9.17, 15) is 31.2 Å². The van der Waals surface area contributed by atoms with Crippen LogP contribution >= 0.6 is 0 Å². The molecule has 0 unspecified atom stereocenters. The van der Waals surface area contributed by atoms with Gasteiger partial charge in [0.15, 0.2) is 0 Å². The minimum atomic E-state index is -5.08. The molecule has 2 aromatic rings. The van der Waals surface area contributed by atoms with Gasteiger partial charge >= 0.3 is 12.1 Å². The lowest BCUT2D eigenvalue weighted by Gasteiger charge is -2.14. The normalized spacial score (nSPS) is 11.0. The molecule has 0 spiro atoms. The second-order valence-corrected chi connectivity index (χ2v) is 8.76. The van der Waals surface area contributed by atoms with E-state index in [0.717, 1.165) is 4.57 Å². The van der Waals surface area contributed by atoms with Crippen LogP contribution in [-0.4, -0.2) is 62.4 Å². The third-order valence-electron chi connectivity index (χ3n) is 4.26. The zero-order valence-corrected chi connectivity index (χ0v) is 20.8. The number of carboxylic acids is 1. The van der Waals surface area contributed by atoms with Crippen LogP contribution in [0, 0.1) is 12.3 Å². The number of halogens is 3. The molecule has 1 aromatic carbocycles. The number of nitrogens with zero attached hydrogens (tertiary/aromatic N) is 1. The molecule has 7 N–H and O–H groups in total. The fourth-order valence-corrected chi connectivity index (χ4v) is 3.53. The third kappa shape index (κ3) is 10.3. The van der Waals surface area contributed by atoms with Gasteiger partial charge in [-0.1, -0.05) is 0 Å². The van der Waals surface area contributed by atoms with Gasteiger partial charge in [-0.2, -0.15) is 13.2 Å². The first-order valence-corrected chi connectivity index (χ1v) is 11.7. The third-order valence-corrected chi connectivity index (χ3v) is 5.64. The van der Waals surface area contributed by atoms with Crippen LogP contribution < -0.4 is 31.5 Å². The number of guanidine groups is 1. The molecule has 14 nitrogen and oxygen atoms in total. The number of aliphatic carboxylic acids is 1. The van der Waals surface area contributed by atoms with Gasteiger partial charge in [0.05, 0.1) is 18.6 Å². The minimum absolute atomic E-state index is 0.0426. The first kappa shape index (κ1) is 31.7. The quantitative estimate of drug-likeness (QED) is 0.0989. The van der Waals surface area contributed by atoms with Gasteiger partial charge in [0.1, 0.15) is 18.0 Å². The molecule has 38 heavy (non-hydrogen) atoms. The molecule has 0 saturated heterocycles. The van der Waals surface area contributed by atoms with E-state index in [-0.39, 0.29) is 36.2 Å². The Bertz CT molecular complexity index is 1300. The number of benzene rings is 1. The maximum absolute atomic E-state index is 12.7. The lowest BCUT2D eigenvalue weighted by atomic mass is 10.3. The molecule has 0 radical (unpaired) electrons. The van der Waals surface area contributed by atoms with Gasteiger partial charge in [-0.15, -0.1) is 0 Å². The summed E-state index contributed by atoms with van der Waals surface area (Å²) in [5, 5.41) is 16.6. The van der Waals surface area contributed by atoms with Crippen LogP contribution in [0.4, 0.5) is 18.9 Å². The Balaban J connectivity index is 0.000000905. The standard InChI is InChI=1S/C18H24N6O6S.C2HF3O2/c1-12-3-8-15(23-31(27,28)14-6-4-13(29-2)5-7-14)17(26)24(12)11-16(25)21-9-10-30-22-18(19)20;3-2(4,5)1(6)7/h3-8,23H,9-11H2,1-2H3,(H,21,25)(H4,19,20,22);(H,6,7). The molecular weight excluding hydrogens is 541 g/mol. The number of sulfonamides is 1. The van der Waals surface area contributed by atoms with Gasteiger partial charge in [-0.05, 0) is 43.3 Å². The van der Waals surface area contributed by atoms with Crippen LogP contribution in [0.25, 0.3) is 0 Å². The number of hydrogen-bond donors (Lipinski definition) is 6. The summed E-state index contributed by atoms with van der Waals surface area (Å²) < 4.78 is 65.3. The van der Waals surface area contributed by atoms with Crippen molar-refractivity contribution in [1.82, 2.24) is 15.4 Å². The van der Waals surface area contributed by atoms with Gasteiger partial charge in [0.2, 0.25) is 11.9 Å². The summed E-state index contributed by atoms with van der Waals surface area (Å²) in [5.74, 6) is -3.12. The van der Waals surface area contributed by atoms with Crippen LogP contribution in [0.3, 0.4) is 0 Å². The zero-order chi connectivity index (χ0) is 29.1. The van der Waals surface area contributed by atoms with Gasteiger partial charge in [0.25, 0.3) is 15.6 Å². The number of nitrogens with one attached hydrogen (secondary N) is 4. The van der Waals surface area contributed by atoms with E-state index in [2.05, 4.69) is 15.5 Å². The van der Waals surface area contributed by atoms with Crippen LogP contribution in [0.1, 0.15) is 5.69 Å². The van der Waals surface area contributed by atoms with Crippen molar-refractivity contribution in [2.24, 2.45) is 5.73 Å². The SMILES string of the molecule is COc1ccc(S(=O)(=O)Nc2ccc(C)n(CC(=O)NCCONC(=N)N)c2=O)cc1.O=C(O)C(F)(F)F. The Morgan fingerprint density at radius 2 is 1.74 bits per heavy atom. The minimum Gasteiger partial charge on any atom is -0.497 e. The van der Waals surface area contributed by atoms with Crippen molar-refractivity contribution in [3.05, 3.63) is 52.4 Å². The van der Waals surface area contributed by atoms with Crippen LogP contribution in [0.5, 0.6) is 5.75 Å². The maximum atomic E-state index is 12.7.